The van der Waals surface area contributed by atoms with E-state index in [-0.39, 0.29) is 0 Å². The quantitative estimate of drug-likeness (QED) is 0.906. The molecule has 96 valence electrons. The first-order chi connectivity index (χ1) is 8.54. The second-order valence-electron chi connectivity index (χ2n) is 4.43. The van der Waals surface area contributed by atoms with Gasteiger partial charge in [-0.3, -0.25) is 0 Å². The standard InChI is InChI=1S/C13H16BrN3S/c1-7(2)10-9(14)12(15-4)17-13(16-10)11-8(3)5-6-18-11/h5-7H,1-4H3,(H,15,16,17). The minimum atomic E-state index is 0.355. The topological polar surface area (TPSA) is 37.8 Å². The number of thiophene rings is 1. The van der Waals surface area contributed by atoms with E-state index >= 15 is 0 Å². The molecule has 0 radical (unpaired) electrons. The van der Waals surface area contributed by atoms with Crippen molar-refractivity contribution in [2.75, 3.05) is 12.4 Å². The van der Waals surface area contributed by atoms with E-state index in [1.807, 2.05) is 7.05 Å². The summed E-state index contributed by atoms with van der Waals surface area (Å²) in [6.07, 6.45) is 0. The largest absolute Gasteiger partial charge is 0.372 e. The Kier molecular flexibility index (Phi) is 4.02. The van der Waals surface area contributed by atoms with E-state index in [2.05, 4.69) is 58.4 Å². The van der Waals surface area contributed by atoms with Gasteiger partial charge < -0.3 is 5.32 Å². The van der Waals surface area contributed by atoms with Gasteiger partial charge in [0.25, 0.3) is 0 Å². The SMILES string of the molecule is CNc1nc(-c2sccc2C)nc(C(C)C)c1Br. The van der Waals surface area contributed by atoms with Crippen LogP contribution in [0.3, 0.4) is 0 Å². The maximum Gasteiger partial charge on any atom is 0.172 e. The zero-order chi connectivity index (χ0) is 13.3. The van der Waals surface area contributed by atoms with E-state index in [0.29, 0.717) is 5.92 Å². The summed E-state index contributed by atoms with van der Waals surface area (Å²) in [5.41, 5.74) is 2.26. The van der Waals surface area contributed by atoms with E-state index in [9.17, 15) is 0 Å². The van der Waals surface area contributed by atoms with Gasteiger partial charge in [0.2, 0.25) is 0 Å². The molecule has 0 atom stereocenters. The lowest BCUT2D eigenvalue weighted by Crippen LogP contribution is -2.04. The van der Waals surface area contributed by atoms with Gasteiger partial charge in [0.05, 0.1) is 15.0 Å². The van der Waals surface area contributed by atoms with Crippen LogP contribution in [-0.2, 0) is 0 Å². The van der Waals surface area contributed by atoms with Crippen LogP contribution in [0.4, 0.5) is 5.82 Å². The van der Waals surface area contributed by atoms with Gasteiger partial charge in [-0.15, -0.1) is 11.3 Å². The fraction of sp³-hybridized carbons (Fsp3) is 0.385. The van der Waals surface area contributed by atoms with Crippen LogP contribution in [0, 0.1) is 6.92 Å². The minimum Gasteiger partial charge on any atom is -0.372 e. The lowest BCUT2D eigenvalue weighted by Gasteiger charge is -2.13. The number of rotatable bonds is 3. The number of nitrogens with one attached hydrogen (secondary N) is 1. The number of hydrogen-bond acceptors (Lipinski definition) is 4. The predicted octanol–water partition coefficient (Wildman–Crippen LogP) is 4.44. The second kappa shape index (κ2) is 5.36. The van der Waals surface area contributed by atoms with Crippen molar-refractivity contribution in [2.24, 2.45) is 0 Å². The van der Waals surface area contributed by atoms with Gasteiger partial charge in [0.1, 0.15) is 5.82 Å². The Labute approximate surface area is 120 Å². The first-order valence-corrected chi connectivity index (χ1v) is 7.51. The van der Waals surface area contributed by atoms with Crippen LogP contribution in [0.25, 0.3) is 10.7 Å². The lowest BCUT2D eigenvalue weighted by atomic mass is 10.1. The fourth-order valence-electron chi connectivity index (χ4n) is 1.72. The van der Waals surface area contributed by atoms with Gasteiger partial charge in [-0.05, 0) is 45.8 Å². The molecular formula is C13H16BrN3S. The number of aryl methyl sites for hydroxylation is 1. The molecule has 0 bridgehead atoms. The molecule has 0 saturated heterocycles. The van der Waals surface area contributed by atoms with Crippen molar-refractivity contribution in [3.63, 3.8) is 0 Å². The third kappa shape index (κ3) is 2.42. The van der Waals surface area contributed by atoms with Crippen LogP contribution in [0.1, 0.15) is 31.0 Å². The molecule has 0 fully saturated rings. The monoisotopic (exact) mass is 325 g/mol. The molecule has 0 amide bonds. The number of anilines is 1. The first-order valence-electron chi connectivity index (χ1n) is 5.84. The third-order valence-electron chi connectivity index (χ3n) is 2.73. The molecule has 0 aliphatic heterocycles. The van der Waals surface area contributed by atoms with E-state index in [0.717, 1.165) is 26.7 Å². The highest BCUT2D eigenvalue weighted by molar-refractivity contribution is 9.10. The van der Waals surface area contributed by atoms with Gasteiger partial charge in [0, 0.05) is 7.05 Å². The van der Waals surface area contributed by atoms with Gasteiger partial charge in [-0.2, -0.15) is 0 Å². The number of halogens is 1. The Morgan fingerprint density at radius 3 is 2.56 bits per heavy atom. The lowest BCUT2D eigenvalue weighted by molar-refractivity contribution is 0.810. The summed E-state index contributed by atoms with van der Waals surface area (Å²) in [5.74, 6) is 2.00. The van der Waals surface area contributed by atoms with Crippen LogP contribution in [0.2, 0.25) is 0 Å². The Morgan fingerprint density at radius 2 is 2.06 bits per heavy atom. The highest BCUT2D eigenvalue weighted by atomic mass is 79.9. The van der Waals surface area contributed by atoms with Crippen molar-refractivity contribution in [2.45, 2.75) is 26.7 Å². The molecule has 5 heteroatoms. The van der Waals surface area contributed by atoms with Gasteiger partial charge in [-0.1, -0.05) is 13.8 Å². The minimum absolute atomic E-state index is 0.355. The maximum atomic E-state index is 4.70. The molecule has 0 aliphatic rings. The second-order valence-corrected chi connectivity index (χ2v) is 6.14. The predicted molar refractivity (Wildman–Crippen MR) is 81.4 cm³/mol. The summed E-state index contributed by atoms with van der Waals surface area (Å²) >= 11 is 5.25. The van der Waals surface area contributed by atoms with Crippen LogP contribution in [-0.4, -0.2) is 17.0 Å². The van der Waals surface area contributed by atoms with Gasteiger partial charge in [0.15, 0.2) is 5.82 Å². The van der Waals surface area contributed by atoms with Crippen molar-refractivity contribution in [1.29, 1.82) is 0 Å². The van der Waals surface area contributed by atoms with E-state index < -0.39 is 0 Å². The number of aromatic nitrogens is 2. The maximum absolute atomic E-state index is 4.70. The van der Waals surface area contributed by atoms with Crippen molar-refractivity contribution >= 4 is 33.1 Å². The van der Waals surface area contributed by atoms with E-state index in [1.165, 1.54) is 5.56 Å². The van der Waals surface area contributed by atoms with Crippen LogP contribution in [0.15, 0.2) is 15.9 Å². The zero-order valence-electron chi connectivity index (χ0n) is 10.9. The molecule has 1 N–H and O–H groups in total. The third-order valence-corrected chi connectivity index (χ3v) is 4.52. The van der Waals surface area contributed by atoms with Crippen LogP contribution in [0.5, 0.6) is 0 Å². The molecular weight excluding hydrogens is 310 g/mol. The summed E-state index contributed by atoms with van der Waals surface area (Å²) in [4.78, 5) is 10.4. The zero-order valence-corrected chi connectivity index (χ0v) is 13.3. The summed E-state index contributed by atoms with van der Waals surface area (Å²) in [7, 11) is 1.88. The van der Waals surface area contributed by atoms with Gasteiger partial charge in [-0.25, -0.2) is 9.97 Å². The average Bonchev–Trinajstić information content (AvgIpc) is 2.75. The molecule has 2 rings (SSSR count). The van der Waals surface area contributed by atoms with Crippen LogP contribution < -0.4 is 5.32 Å². The Bertz CT molecular complexity index is 563. The van der Waals surface area contributed by atoms with Crippen molar-refractivity contribution in [3.05, 3.63) is 27.2 Å². The molecule has 0 aliphatic carbocycles. The number of nitrogens with zero attached hydrogens (tertiary/aromatic N) is 2. The normalized spacial score (nSPS) is 11.0. The fourth-order valence-corrected chi connectivity index (χ4v) is 3.41. The summed E-state index contributed by atoms with van der Waals surface area (Å²) < 4.78 is 0.956. The molecule has 2 aromatic rings. The molecule has 2 heterocycles. The first kappa shape index (κ1) is 13.5. The highest BCUT2D eigenvalue weighted by Crippen LogP contribution is 2.33. The molecule has 2 aromatic heterocycles. The average molecular weight is 326 g/mol. The molecule has 0 aromatic carbocycles. The Hall–Kier alpha value is -0.940. The Balaban J connectivity index is 2.63. The molecule has 0 unspecified atom stereocenters. The highest BCUT2D eigenvalue weighted by Gasteiger charge is 2.16. The number of hydrogen-bond donors (Lipinski definition) is 1. The van der Waals surface area contributed by atoms with Crippen molar-refractivity contribution < 1.29 is 0 Å². The summed E-state index contributed by atoms with van der Waals surface area (Å²) in [5, 5.41) is 5.19. The molecule has 0 saturated carbocycles. The molecule has 3 nitrogen and oxygen atoms in total. The van der Waals surface area contributed by atoms with Crippen LogP contribution >= 0.6 is 27.3 Å². The molecule has 0 spiro atoms. The van der Waals surface area contributed by atoms with Crippen molar-refractivity contribution in [1.82, 2.24) is 9.97 Å². The van der Waals surface area contributed by atoms with E-state index in [1.54, 1.807) is 11.3 Å². The summed E-state index contributed by atoms with van der Waals surface area (Å²) in [6.45, 7) is 6.36. The Morgan fingerprint density at radius 1 is 1.33 bits per heavy atom. The summed E-state index contributed by atoms with van der Waals surface area (Å²) in [6, 6.07) is 2.10. The molecule has 18 heavy (non-hydrogen) atoms. The van der Waals surface area contributed by atoms with E-state index in [4.69, 9.17) is 4.98 Å². The smallest absolute Gasteiger partial charge is 0.172 e. The van der Waals surface area contributed by atoms with Gasteiger partial charge >= 0.3 is 0 Å². The van der Waals surface area contributed by atoms with Crippen molar-refractivity contribution in [3.8, 4) is 10.7 Å².